The van der Waals surface area contributed by atoms with Gasteiger partial charge < -0.3 is 14.7 Å². The Morgan fingerprint density at radius 3 is 2.55 bits per heavy atom. The Morgan fingerprint density at radius 2 is 2.00 bits per heavy atom. The Hall–Kier alpha value is -2.21. The molecule has 0 unspecified atom stereocenters. The van der Waals surface area contributed by atoms with Crippen LogP contribution in [0.3, 0.4) is 0 Å². The fraction of sp³-hybridized carbons (Fsp3) is 0.375. The summed E-state index contributed by atoms with van der Waals surface area (Å²) in [5.74, 6) is -1.90. The van der Waals surface area contributed by atoms with Crippen molar-refractivity contribution in [2.24, 2.45) is 0 Å². The number of halogens is 1. The Bertz CT molecular complexity index is 609. The van der Waals surface area contributed by atoms with Crippen molar-refractivity contribution in [3.8, 4) is 0 Å². The molecule has 6 heteroatoms. The lowest BCUT2D eigenvalue weighted by atomic mass is 9.96. The lowest BCUT2D eigenvalue weighted by Gasteiger charge is -2.26. The molecule has 0 aromatic heterocycles. The monoisotopic (exact) mass is 307 g/mol. The van der Waals surface area contributed by atoms with E-state index < -0.39 is 23.5 Å². The zero-order chi connectivity index (χ0) is 16.3. The van der Waals surface area contributed by atoms with Crippen molar-refractivity contribution in [2.75, 3.05) is 20.3 Å². The van der Waals surface area contributed by atoms with Gasteiger partial charge in [-0.2, -0.15) is 0 Å². The molecular formula is C16H18FNO4. The maximum atomic E-state index is 13.1. The summed E-state index contributed by atoms with van der Waals surface area (Å²) in [5.41, 5.74) is 0.635. The minimum atomic E-state index is -0.692. The molecule has 2 rings (SSSR count). The van der Waals surface area contributed by atoms with Gasteiger partial charge >= 0.3 is 0 Å². The van der Waals surface area contributed by atoms with Crippen molar-refractivity contribution in [1.82, 2.24) is 4.90 Å². The fourth-order valence-electron chi connectivity index (χ4n) is 2.61. The molecule has 0 saturated heterocycles. The van der Waals surface area contributed by atoms with Crippen LogP contribution in [0, 0.1) is 5.82 Å². The number of amides is 1. The van der Waals surface area contributed by atoms with E-state index in [2.05, 4.69) is 0 Å². The number of rotatable bonds is 6. The number of hydrogen-bond donors (Lipinski definition) is 1. The molecule has 1 amide bonds. The van der Waals surface area contributed by atoms with Crippen LogP contribution in [0.4, 0.5) is 4.39 Å². The van der Waals surface area contributed by atoms with Gasteiger partial charge in [0.2, 0.25) is 0 Å². The zero-order valence-corrected chi connectivity index (χ0v) is 12.5. The van der Waals surface area contributed by atoms with Crippen LogP contribution in [0.5, 0.6) is 0 Å². The molecule has 1 aromatic carbocycles. The highest BCUT2D eigenvalue weighted by Gasteiger charge is 2.41. The van der Waals surface area contributed by atoms with Gasteiger partial charge in [0.1, 0.15) is 5.82 Å². The topological polar surface area (TPSA) is 66.8 Å². The van der Waals surface area contributed by atoms with Crippen LogP contribution in [0.2, 0.25) is 0 Å². The van der Waals surface area contributed by atoms with E-state index >= 15 is 0 Å². The quantitative estimate of drug-likeness (QED) is 0.818. The molecule has 0 spiro atoms. The number of nitrogens with zero attached hydrogens (tertiary/aromatic N) is 1. The molecule has 1 N–H and O–H groups in total. The van der Waals surface area contributed by atoms with Crippen LogP contribution in [-0.4, -0.2) is 42.0 Å². The number of ether oxygens (including phenoxy) is 1. The summed E-state index contributed by atoms with van der Waals surface area (Å²) >= 11 is 0. The van der Waals surface area contributed by atoms with E-state index in [1.807, 2.05) is 0 Å². The standard InChI is InChI=1S/C16H18FNO4/c1-10(19)13-14(11-4-6-12(17)7-5-11)18(8-3-9-22-2)16(21)15(13)20/h4-7,14,20H,3,8-9H2,1-2H3/t14-/m1/s1. The van der Waals surface area contributed by atoms with E-state index in [9.17, 15) is 19.1 Å². The van der Waals surface area contributed by atoms with Crippen molar-refractivity contribution in [3.05, 3.63) is 47.0 Å². The number of benzene rings is 1. The molecule has 0 saturated carbocycles. The Labute approximate surface area is 128 Å². The largest absolute Gasteiger partial charge is 0.503 e. The van der Waals surface area contributed by atoms with Gasteiger partial charge in [-0.15, -0.1) is 0 Å². The van der Waals surface area contributed by atoms with Gasteiger partial charge in [0.05, 0.1) is 11.6 Å². The van der Waals surface area contributed by atoms with E-state index in [0.717, 1.165) is 0 Å². The van der Waals surface area contributed by atoms with Gasteiger partial charge in [-0.25, -0.2) is 4.39 Å². The lowest BCUT2D eigenvalue weighted by Crippen LogP contribution is -2.32. The van der Waals surface area contributed by atoms with Gasteiger partial charge in [-0.05, 0) is 31.0 Å². The number of hydrogen-bond acceptors (Lipinski definition) is 4. The van der Waals surface area contributed by atoms with Crippen molar-refractivity contribution < 1.29 is 23.8 Å². The number of ketones is 1. The third-order valence-electron chi connectivity index (χ3n) is 3.62. The number of carbonyl (C=O) groups excluding carboxylic acids is 2. The zero-order valence-electron chi connectivity index (χ0n) is 12.5. The Kier molecular flexibility index (Phi) is 4.92. The van der Waals surface area contributed by atoms with Crippen LogP contribution >= 0.6 is 0 Å². The van der Waals surface area contributed by atoms with Crippen molar-refractivity contribution in [2.45, 2.75) is 19.4 Å². The molecule has 5 nitrogen and oxygen atoms in total. The predicted molar refractivity (Wildman–Crippen MR) is 77.7 cm³/mol. The molecule has 1 heterocycles. The first-order chi connectivity index (χ1) is 10.5. The maximum Gasteiger partial charge on any atom is 0.290 e. The first kappa shape index (κ1) is 16.2. The average molecular weight is 307 g/mol. The molecule has 1 aromatic rings. The maximum absolute atomic E-state index is 13.1. The second kappa shape index (κ2) is 6.70. The first-order valence-corrected chi connectivity index (χ1v) is 6.96. The number of aliphatic hydroxyl groups is 1. The van der Waals surface area contributed by atoms with Crippen LogP contribution in [0.1, 0.15) is 24.9 Å². The normalized spacial score (nSPS) is 18.2. The molecule has 0 bridgehead atoms. The molecule has 0 fully saturated rings. The summed E-state index contributed by atoms with van der Waals surface area (Å²) in [6.07, 6.45) is 0.568. The van der Waals surface area contributed by atoms with E-state index in [-0.39, 0.29) is 11.4 Å². The number of aliphatic hydroxyl groups excluding tert-OH is 1. The van der Waals surface area contributed by atoms with Crippen molar-refractivity contribution in [1.29, 1.82) is 0 Å². The SMILES string of the molecule is COCCCN1C(=O)C(O)=C(C(C)=O)[C@H]1c1ccc(F)cc1. The highest BCUT2D eigenvalue weighted by atomic mass is 19.1. The van der Waals surface area contributed by atoms with Crippen LogP contribution in [-0.2, 0) is 14.3 Å². The minimum Gasteiger partial charge on any atom is -0.503 e. The second-order valence-electron chi connectivity index (χ2n) is 5.12. The summed E-state index contributed by atoms with van der Waals surface area (Å²) in [5, 5.41) is 10.0. The number of methoxy groups -OCH3 is 1. The summed E-state index contributed by atoms with van der Waals surface area (Å²) in [4.78, 5) is 25.5. The summed E-state index contributed by atoms with van der Waals surface area (Å²) < 4.78 is 18.1. The molecule has 118 valence electrons. The molecule has 1 aliphatic rings. The Balaban J connectivity index is 2.39. The molecular weight excluding hydrogens is 289 g/mol. The van der Waals surface area contributed by atoms with Crippen molar-refractivity contribution in [3.63, 3.8) is 0 Å². The minimum absolute atomic E-state index is 0.0500. The summed E-state index contributed by atoms with van der Waals surface area (Å²) in [7, 11) is 1.56. The number of Topliss-reactive ketones (excluding diaryl/α,β-unsaturated/α-hetero) is 1. The van der Waals surface area contributed by atoms with Gasteiger partial charge in [0.15, 0.2) is 11.5 Å². The van der Waals surface area contributed by atoms with Gasteiger partial charge in [-0.1, -0.05) is 12.1 Å². The van der Waals surface area contributed by atoms with Gasteiger partial charge in [0, 0.05) is 20.3 Å². The second-order valence-corrected chi connectivity index (χ2v) is 5.12. The third kappa shape index (κ3) is 3.01. The van der Waals surface area contributed by atoms with E-state index in [1.54, 1.807) is 7.11 Å². The number of carbonyl (C=O) groups is 2. The highest BCUT2D eigenvalue weighted by Crippen LogP contribution is 2.37. The van der Waals surface area contributed by atoms with Crippen LogP contribution in [0.15, 0.2) is 35.6 Å². The van der Waals surface area contributed by atoms with Crippen molar-refractivity contribution >= 4 is 11.7 Å². The molecule has 1 aliphatic heterocycles. The third-order valence-corrected chi connectivity index (χ3v) is 3.62. The lowest BCUT2D eigenvalue weighted by molar-refractivity contribution is -0.129. The first-order valence-electron chi connectivity index (χ1n) is 6.96. The summed E-state index contributed by atoms with van der Waals surface area (Å²) in [6, 6.07) is 4.86. The van der Waals surface area contributed by atoms with Gasteiger partial charge in [-0.3, -0.25) is 9.59 Å². The van der Waals surface area contributed by atoms with Crippen LogP contribution < -0.4 is 0 Å². The average Bonchev–Trinajstić information content (AvgIpc) is 2.73. The molecule has 0 aliphatic carbocycles. The smallest absolute Gasteiger partial charge is 0.290 e. The van der Waals surface area contributed by atoms with Crippen LogP contribution in [0.25, 0.3) is 0 Å². The molecule has 0 radical (unpaired) electrons. The Morgan fingerprint density at radius 1 is 1.36 bits per heavy atom. The van der Waals surface area contributed by atoms with E-state index in [4.69, 9.17) is 4.74 Å². The fourth-order valence-corrected chi connectivity index (χ4v) is 2.61. The highest BCUT2D eigenvalue weighted by molar-refractivity contribution is 6.08. The molecule has 1 atom stereocenters. The molecule has 22 heavy (non-hydrogen) atoms. The van der Waals surface area contributed by atoms with E-state index in [0.29, 0.717) is 25.1 Å². The summed E-state index contributed by atoms with van der Waals surface area (Å²) in [6.45, 7) is 2.08. The predicted octanol–water partition coefficient (Wildman–Crippen LogP) is 2.15. The van der Waals surface area contributed by atoms with E-state index in [1.165, 1.54) is 36.1 Å². The van der Waals surface area contributed by atoms with Gasteiger partial charge in [0.25, 0.3) is 5.91 Å².